The van der Waals surface area contributed by atoms with Gasteiger partial charge in [-0.2, -0.15) is 0 Å². The molecule has 0 spiro atoms. The van der Waals surface area contributed by atoms with Gasteiger partial charge in [0.1, 0.15) is 11.9 Å². The Kier molecular flexibility index (Phi) is 5.36. The molecule has 0 saturated heterocycles. The minimum absolute atomic E-state index is 0.0252. The molecule has 1 N–H and O–H groups in total. The summed E-state index contributed by atoms with van der Waals surface area (Å²) in [5.41, 5.74) is 1.28. The van der Waals surface area contributed by atoms with Crippen LogP contribution in [0.5, 0.6) is 0 Å². The fraction of sp³-hybridized carbons (Fsp3) is 0.806. The van der Waals surface area contributed by atoms with E-state index >= 15 is 0 Å². The van der Waals surface area contributed by atoms with Crippen LogP contribution < -0.4 is 0 Å². The van der Waals surface area contributed by atoms with E-state index in [0.29, 0.717) is 30.1 Å². The smallest absolute Gasteiger partial charge is 0.481 e. The fourth-order valence-electron chi connectivity index (χ4n) is 10.5. The topological polar surface area (TPSA) is 72.8 Å². The van der Waals surface area contributed by atoms with E-state index in [1.54, 1.807) is 0 Å². The number of carbonyl (C=O) groups excluding carboxylic acids is 1. The Morgan fingerprint density at radius 2 is 1.75 bits per heavy atom. The lowest BCUT2D eigenvalue weighted by molar-refractivity contribution is -0.148. The third-order valence-corrected chi connectivity index (χ3v) is 13.1. The molecule has 198 valence electrons. The van der Waals surface area contributed by atoms with E-state index < -0.39 is 12.1 Å². The highest BCUT2D eigenvalue weighted by atomic mass is 16.7. The number of carbonyl (C=O) groups is 2. The largest absolute Gasteiger partial charge is 0.513 e. The van der Waals surface area contributed by atoms with Crippen LogP contribution in [0.1, 0.15) is 98.8 Å². The molecule has 5 nitrogen and oxygen atoms in total. The van der Waals surface area contributed by atoms with Crippen molar-refractivity contribution in [2.75, 3.05) is 0 Å². The van der Waals surface area contributed by atoms with Crippen LogP contribution in [0.4, 0.5) is 4.79 Å². The summed E-state index contributed by atoms with van der Waals surface area (Å²) in [6, 6.07) is 0. The predicted octanol–water partition coefficient (Wildman–Crippen LogP) is 7.51. The predicted molar refractivity (Wildman–Crippen MR) is 137 cm³/mol. The summed E-state index contributed by atoms with van der Waals surface area (Å²) in [7, 11) is 0. The van der Waals surface area contributed by atoms with Gasteiger partial charge in [-0.05, 0) is 97.9 Å². The molecule has 0 radical (unpaired) electrons. The van der Waals surface area contributed by atoms with Gasteiger partial charge in [0.2, 0.25) is 0 Å². The Balaban J connectivity index is 1.20. The average molecular weight is 497 g/mol. The first-order chi connectivity index (χ1) is 16.9. The second kappa shape index (κ2) is 7.86. The van der Waals surface area contributed by atoms with Gasteiger partial charge in [-0.3, -0.25) is 4.79 Å². The van der Waals surface area contributed by atoms with Crippen molar-refractivity contribution in [3.63, 3.8) is 0 Å². The summed E-state index contributed by atoms with van der Waals surface area (Å²) in [4.78, 5) is 25.1. The summed E-state index contributed by atoms with van der Waals surface area (Å²) in [5, 5.41) is 9.87. The van der Waals surface area contributed by atoms with Gasteiger partial charge in [0.15, 0.2) is 0 Å². The van der Waals surface area contributed by atoms with Crippen LogP contribution in [-0.2, 0) is 14.3 Å². The molecule has 9 atom stereocenters. The first-order valence-corrected chi connectivity index (χ1v) is 14.4. The normalized spacial score (nSPS) is 48.2. The zero-order chi connectivity index (χ0) is 25.7. The van der Waals surface area contributed by atoms with Crippen LogP contribution >= 0.6 is 0 Å². The van der Waals surface area contributed by atoms with Gasteiger partial charge >= 0.3 is 12.1 Å². The highest BCUT2D eigenvalue weighted by Gasteiger charge is 2.63. The minimum Gasteiger partial charge on any atom is -0.481 e. The van der Waals surface area contributed by atoms with Gasteiger partial charge < -0.3 is 14.6 Å². The number of ether oxygens (including phenoxy) is 2. The molecule has 0 heterocycles. The second-order valence-corrected chi connectivity index (χ2v) is 14.3. The Hall–Kier alpha value is -1.78. The molecule has 6 aliphatic rings. The molecular formula is C31H44O5. The van der Waals surface area contributed by atoms with Crippen molar-refractivity contribution in [1.29, 1.82) is 0 Å². The molecule has 6 rings (SSSR count). The van der Waals surface area contributed by atoms with E-state index in [1.165, 1.54) is 12.0 Å². The van der Waals surface area contributed by atoms with Crippen molar-refractivity contribution < 1.29 is 24.2 Å². The van der Waals surface area contributed by atoms with Gasteiger partial charge in [-0.25, -0.2) is 4.79 Å². The van der Waals surface area contributed by atoms with Gasteiger partial charge in [0.05, 0.1) is 5.92 Å². The molecule has 0 aromatic rings. The Morgan fingerprint density at radius 1 is 0.972 bits per heavy atom. The van der Waals surface area contributed by atoms with E-state index in [4.69, 9.17) is 9.47 Å². The van der Waals surface area contributed by atoms with Crippen LogP contribution in [0.25, 0.3) is 0 Å². The first-order valence-electron chi connectivity index (χ1n) is 14.4. The molecule has 0 aromatic heterocycles. The molecule has 5 saturated carbocycles. The molecule has 5 fully saturated rings. The van der Waals surface area contributed by atoms with E-state index in [0.717, 1.165) is 57.1 Å². The van der Waals surface area contributed by atoms with Crippen molar-refractivity contribution in [2.24, 2.45) is 51.2 Å². The summed E-state index contributed by atoms with van der Waals surface area (Å²) >= 11 is 0. The van der Waals surface area contributed by atoms with Crippen LogP contribution in [0.2, 0.25) is 0 Å². The fourth-order valence-corrected chi connectivity index (χ4v) is 10.5. The SMILES string of the molecule is CC1(C)[C@H]2CC[C@]1(C)[C@@H](OC(=O)OC1=C3CC[C@@H]4[C@H](CC[C@]5(C)C(C(=O)O)CC[C@@H]45)[C@@]3(C)C=CC1)C2. The lowest BCUT2D eigenvalue weighted by Gasteiger charge is -2.57. The molecule has 6 aliphatic carbocycles. The van der Waals surface area contributed by atoms with E-state index in [1.807, 2.05) is 0 Å². The lowest BCUT2D eigenvalue weighted by atomic mass is 9.47. The minimum atomic E-state index is -0.611. The first kappa shape index (κ1) is 24.6. The van der Waals surface area contributed by atoms with Crippen molar-refractivity contribution in [3.8, 4) is 0 Å². The number of hydrogen-bond acceptors (Lipinski definition) is 4. The molecular weight excluding hydrogens is 452 g/mol. The molecule has 1 unspecified atom stereocenters. The Bertz CT molecular complexity index is 1040. The highest BCUT2D eigenvalue weighted by molar-refractivity contribution is 5.71. The zero-order valence-corrected chi connectivity index (χ0v) is 22.8. The van der Waals surface area contributed by atoms with Gasteiger partial charge in [-0.15, -0.1) is 0 Å². The van der Waals surface area contributed by atoms with Crippen molar-refractivity contribution >= 4 is 12.1 Å². The van der Waals surface area contributed by atoms with Crippen LogP contribution in [0, 0.1) is 51.2 Å². The van der Waals surface area contributed by atoms with Crippen LogP contribution in [-0.4, -0.2) is 23.3 Å². The van der Waals surface area contributed by atoms with Crippen LogP contribution in [0.3, 0.4) is 0 Å². The highest BCUT2D eigenvalue weighted by Crippen LogP contribution is 2.67. The average Bonchev–Trinajstić information content (AvgIpc) is 3.34. The molecule has 0 aliphatic heterocycles. The molecule has 5 heteroatoms. The summed E-state index contributed by atoms with van der Waals surface area (Å²) < 4.78 is 12.1. The molecule has 0 amide bonds. The van der Waals surface area contributed by atoms with Crippen molar-refractivity contribution in [1.82, 2.24) is 0 Å². The van der Waals surface area contributed by atoms with Crippen LogP contribution in [0.15, 0.2) is 23.5 Å². The van der Waals surface area contributed by atoms with E-state index in [9.17, 15) is 14.7 Å². The molecule has 36 heavy (non-hydrogen) atoms. The monoisotopic (exact) mass is 496 g/mol. The number of allylic oxidation sites excluding steroid dienone is 3. The van der Waals surface area contributed by atoms with Gasteiger partial charge in [-0.1, -0.05) is 46.8 Å². The maximum absolute atomic E-state index is 13.1. The van der Waals surface area contributed by atoms with Crippen molar-refractivity contribution in [3.05, 3.63) is 23.5 Å². The number of aliphatic carboxylic acids is 1. The zero-order valence-electron chi connectivity index (χ0n) is 22.8. The standard InChI is InChI=1S/C31H44O5/c1-28(2)18-12-16-31(28,5)25(17-18)36-27(34)35-24-7-6-14-29(3)21-13-15-30(4)20(10-11-23(30)26(32)33)19(21)8-9-22(24)29/h6,14,18-21,23,25H,7-13,15-17H2,1-5H3,(H,32,33)/t18-,19-,20-,21-,23?,25-,29+,30-,31+/m0/s1. The lowest BCUT2D eigenvalue weighted by Crippen LogP contribution is -2.50. The summed E-state index contributed by atoms with van der Waals surface area (Å²) in [6.07, 6.45) is 13.7. The number of hydrogen-bond donors (Lipinski definition) is 1. The Labute approximate surface area is 216 Å². The van der Waals surface area contributed by atoms with E-state index in [2.05, 4.69) is 46.8 Å². The number of fused-ring (bicyclic) bond motifs is 7. The quantitative estimate of drug-likeness (QED) is 0.323. The summed E-state index contributed by atoms with van der Waals surface area (Å²) in [6.45, 7) is 11.5. The molecule has 2 bridgehead atoms. The second-order valence-electron chi connectivity index (χ2n) is 14.3. The van der Waals surface area contributed by atoms with E-state index in [-0.39, 0.29) is 33.7 Å². The maximum atomic E-state index is 13.1. The maximum Gasteiger partial charge on any atom is 0.513 e. The summed E-state index contributed by atoms with van der Waals surface area (Å²) in [5.74, 6) is 2.09. The number of rotatable bonds is 3. The number of carboxylic acid groups (broad SMARTS) is 1. The Morgan fingerprint density at radius 3 is 2.42 bits per heavy atom. The van der Waals surface area contributed by atoms with Gasteiger partial charge in [0, 0.05) is 17.3 Å². The van der Waals surface area contributed by atoms with Gasteiger partial charge in [0.25, 0.3) is 0 Å². The van der Waals surface area contributed by atoms with Crippen molar-refractivity contribution in [2.45, 2.75) is 105 Å². The molecule has 0 aromatic carbocycles. The third-order valence-electron chi connectivity index (χ3n) is 13.1. The third kappa shape index (κ3) is 3.13. The number of carboxylic acids is 1.